The minimum atomic E-state index is -0.185. The van der Waals surface area contributed by atoms with Gasteiger partial charge in [-0.2, -0.15) is 0 Å². The normalized spacial score (nSPS) is 22.1. The number of carbonyl (C=O) groups is 1. The Kier molecular flexibility index (Phi) is 6.13. The van der Waals surface area contributed by atoms with Crippen molar-refractivity contribution in [2.45, 2.75) is 56.7 Å². The van der Waals surface area contributed by atoms with E-state index < -0.39 is 0 Å². The Hall–Kier alpha value is -2.41. The van der Waals surface area contributed by atoms with E-state index in [0.717, 1.165) is 10.8 Å². The highest BCUT2D eigenvalue weighted by molar-refractivity contribution is 7.80. The fourth-order valence-corrected chi connectivity index (χ4v) is 4.97. The van der Waals surface area contributed by atoms with Crippen LogP contribution in [0.5, 0.6) is 0 Å². The summed E-state index contributed by atoms with van der Waals surface area (Å²) >= 11 is 5.72. The van der Waals surface area contributed by atoms with E-state index in [-0.39, 0.29) is 18.1 Å². The van der Waals surface area contributed by atoms with Crippen molar-refractivity contribution in [3.8, 4) is 0 Å². The van der Waals surface area contributed by atoms with Crippen molar-refractivity contribution in [1.29, 1.82) is 0 Å². The second-order valence-electron chi connectivity index (χ2n) is 7.78. The first kappa shape index (κ1) is 19.9. The minimum Gasteiger partial charge on any atom is -0.469 e. The molecular formula is C22H28N4O2S. The number of methoxy groups -OCH3 is 1. The van der Waals surface area contributed by atoms with Crippen molar-refractivity contribution in [3.63, 3.8) is 0 Å². The number of carbonyl (C=O) groups excluding carboxylic acids is 1. The number of hydrogen-bond acceptors (Lipinski definition) is 4. The van der Waals surface area contributed by atoms with Crippen molar-refractivity contribution >= 4 is 23.3 Å². The number of aromatic nitrogens is 2. The monoisotopic (exact) mass is 412 g/mol. The number of esters is 1. The highest BCUT2D eigenvalue weighted by atomic mass is 32.1. The van der Waals surface area contributed by atoms with E-state index >= 15 is 0 Å². The first-order valence-electron chi connectivity index (χ1n) is 10.4. The van der Waals surface area contributed by atoms with Gasteiger partial charge in [0.15, 0.2) is 5.11 Å². The van der Waals surface area contributed by atoms with Crippen LogP contribution in [0.1, 0.15) is 68.0 Å². The molecule has 1 aliphatic carbocycles. The second-order valence-corrected chi connectivity index (χ2v) is 8.16. The summed E-state index contributed by atoms with van der Waals surface area (Å²) in [5.74, 6) is -0.185. The fourth-order valence-electron chi connectivity index (χ4n) is 4.64. The van der Waals surface area contributed by atoms with Gasteiger partial charge in [0.2, 0.25) is 0 Å². The molecule has 0 amide bonds. The van der Waals surface area contributed by atoms with Crippen LogP contribution in [0.25, 0.3) is 0 Å². The van der Waals surface area contributed by atoms with Gasteiger partial charge >= 0.3 is 5.97 Å². The molecule has 1 N–H and O–H groups in total. The number of ether oxygens (including phenoxy) is 1. The van der Waals surface area contributed by atoms with Crippen molar-refractivity contribution in [2.24, 2.45) is 0 Å². The van der Waals surface area contributed by atoms with Crippen molar-refractivity contribution in [3.05, 3.63) is 54.1 Å². The Morgan fingerprint density at radius 1 is 1.28 bits per heavy atom. The lowest BCUT2D eigenvalue weighted by Crippen LogP contribution is -2.32. The van der Waals surface area contributed by atoms with Crippen LogP contribution in [0, 0.1) is 0 Å². The standard InChI is InChI=1S/C22H28N4O2S/c1-28-19(27)12-7-15-26-21(18-11-6-14-25(18)16-8-2-3-9-16)20(24-22(26)29)17-10-4-5-13-23-17/h4-6,10-11,13-14,16,20-21H,2-3,7-9,12,15H2,1H3,(H,24,29)/t20-,21+/m1/s1. The Labute approximate surface area is 177 Å². The van der Waals surface area contributed by atoms with Gasteiger partial charge in [0.05, 0.1) is 24.9 Å². The lowest BCUT2D eigenvalue weighted by Gasteiger charge is -2.30. The molecule has 2 aromatic rings. The van der Waals surface area contributed by atoms with E-state index in [2.05, 4.69) is 38.1 Å². The smallest absolute Gasteiger partial charge is 0.305 e. The van der Waals surface area contributed by atoms with Crippen LogP contribution < -0.4 is 5.32 Å². The maximum atomic E-state index is 11.6. The maximum Gasteiger partial charge on any atom is 0.305 e. The number of thiocarbonyl (C=S) groups is 1. The highest BCUT2D eigenvalue weighted by Gasteiger charge is 2.41. The predicted molar refractivity (Wildman–Crippen MR) is 115 cm³/mol. The molecule has 1 aliphatic heterocycles. The van der Waals surface area contributed by atoms with E-state index in [1.807, 2.05) is 24.4 Å². The first-order valence-corrected chi connectivity index (χ1v) is 10.8. The summed E-state index contributed by atoms with van der Waals surface area (Å²) in [7, 11) is 1.43. The second kappa shape index (κ2) is 8.95. The maximum absolute atomic E-state index is 11.6. The molecule has 2 aliphatic rings. The van der Waals surface area contributed by atoms with Gasteiger partial charge in [-0.15, -0.1) is 0 Å². The molecule has 7 heteroatoms. The fraction of sp³-hybridized carbons (Fsp3) is 0.500. The molecule has 0 bridgehead atoms. The Balaban J connectivity index is 1.65. The van der Waals surface area contributed by atoms with E-state index in [0.29, 0.717) is 25.4 Å². The summed E-state index contributed by atoms with van der Waals surface area (Å²) in [6.45, 7) is 0.699. The molecule has 1 saturated carbocycles. The zero-order valence-corrected chi connectivity index (χ0v) is 17.6. The highest BCUT2D eigenvalue weighted by Crippen LogP contribution is 2.41. The van der Waals surface area contributed by atoms with Gasteiger partial charge in [0.25, 0.3) is 0 Å². The molecular weight excluding hydrogens is 384 g/mol. The zero-order valence-electron chi connectivity index (χ0n) is 16.8. The van der Waals surface area contributed by atoms with Crippen LogP contribution in [-0.2, 0) is 9.53 Å². The van der Waals surface area contributed by atoms with E-state index in [1.54, 1.807) is 0 Å². The molecule has 2 aromatic heterocycles. The number of nitrogens with zero attached hydrogens (tertiary/aromatic N) is 3. The van der Waals surface area contributed by atoms with Gasteiger partial charge in [-0.25, -0.2) is 0 Å². The van der Waals surface area contributed by atoms with Crippen molar-refractivity contribution < 1.29 is 9.53 Å². The summed E-state index contributed by atoms with van der Waals surface area (Å²) in [6.07, 6.45) is 10.1. The topological polar surface area (TPSA) is 59.4 Å². The van der Waals surface area contributed by atoms with Crippen LogP contribution in [0.2, 0.25) is 0 Å². The van der Waals surface area contributed by atoms with Gasteiger partial charge in [-0.1, -0.05) is 18.9 Å². The SMILES string of the molecule is COC(=O)CCCN1C(=S)N[C@H](c2ccccn2)[C@@H]1c1cccn1C1CCCC1. The molecule has 2 fully saturated rings. The van der Waals surface area contributed by atoms with E-state index in [4.69, 9.17) is 17.0 Å². The van der Waals surface area contributed by atoms with Crippen LogP contribution >= 0.6 is 12.2 Å². The average molecular weight is 413 g/mol. The predicted octanol–water partition coefficient (Wildman–Crippen LogP) is 3.92. The summed E-state index contributed by atoms with van der Waals surface area (Å²) in [5.41, 5.74) is 2.24. The Bertz CT molecular complexity index is 848. The van der Waals surface area contributed by atoms with Gasteiger partial charge in [-0.05, 0) is 55.7 Å². The van der Waals surface area contributed by atoms with Crippen molar-refractivity contribution in [1.82, 2.24) is 19.8 Å². The summed E-state index contributed by atoms with van der Waals surface area (Å²) in [4.78, 5) is 18.4. The van der Waals surface area contributed by atoms with E-state index in [9.17, 15) is 4.79 Å². The molecule has 154 valence electrons. The summed E-state index contributed by atoms with van der Waals surface area (Å²) < 4.78 is 7.24. The number of pyridine rings is 1. The number of hydrogen-bond donors (Lipinski definition) is 1. The van der Waals surface area contributed by atoms with Crippen LogP contribution in [-0.4, -0.2) is 39.2 Å². The van der Waals surface area contributed by atoms with E-state index in [1.165, 1.54) is 38.5 Å². The lowest BCUT2D eigenvalue weighted by molar-refractivity contribution is -0.140. The largest absolute Gasteiger partial charge is 0.469 e. The van der Waals surface area contributed by atoms with Gasteiger partial charge < -0.3 is 19.5 Å². The number of nitrogens with one attached hydrogen (secondary N) is 1. The Morgan fingerprint density at radius 3 is 2.83 bits per heavy atom. The third-order valence-electron chi connectivity index (χ3n) is 6.04. The molecule has 3 heterocycles. The third kappa shape index (κ3) is 4.15. The zero-order chi connectivity index (χ0) is 20.2. The first-order chi connectivity index (χ1) is 14.2. The molecule has 1 saturated heterocycles. The minimum absolute atomic E-state index is 0.0168. The van der Waals surface area contributed by atoms with Gasteiger partial charge in [-0.3, -0.25) is 9.78 Å². The van der Waals surface area contributed by atoms with Crippen LogP contribution in [0.3, 0.4) is 0 Å². The lowest BCUT2D eigenvalue weighted by atomic mass is 10.0. The molecule has 2 atom stereocenters. The summed E-state index contributed by atoms with van der Waals surface area (Å²) in [6, 6.07) is 10.9. The quantitative estimate of drug-likeness (QED) is 0.549. The van der Waals surface area contributed by atoms with Crippen LogP contribution in [0.15, 0.2) is 42.7 Å². The molecule has 0 spiro atoms. The molecule has 4 rings (SSSR count). The van der Waals surface area contributed by atoms with Crippen molar-refractivity contribution in [2.75, 3.05) is 13.7 Å². The molecule has 6 nitrogen and oxygen atoms in total. The molecule has 0 radical (unpaired) electrons. The Morgan fingerprint density at radius 2 is 2.10 bits per heavy atom. The number of rotatable bonds is 7. The van der Waals surface area contributed by atoms with Gasteiger partial charge in [0.1, 0.15) is 0 Å². The van der Waals surface area contributed by atoms with Crippen LogP contribution in [0.4, 0.5) is 0 Å². The average Bonchev–Trinajstić information content (AvgIpc) is 3.48. The molecule has 0 aromatic carbocycles. The third-order valence-corrected chi connectivity index (χ3v) is 6.39. The summed E-state index contributed by atoms with van der Waals surface area (Å²) in [5, 5.41) is 4.21. The van der Waals surface area contributed by atoms with Gasteiger partial charge in [0, 0.05) is 37.1 Å². The molecule has 29 heavy (non-hydrogen) atoms. The molecule has 0 unspecified atom stereocenters.